The molecule has 0 unspecified atom stereocenters. The van der Waals surface area contributed by atoms with Crippen LogP contribution in [0.3, 0.4) is 0 Å². The summed E-state index contributed by atoms with van der Waals surface area (Å²) in [5.74, 6) is 0.846. The largest absolute Gasteiger partial charge is 0.399 e. The van der Waals surface area contributed by atoms with E-state index in [1.807, 2.05) is 24.3 Å². The predicted molar refractivity (Wildman–Crippen MR) is 73.3 cm³/mol. The van der Waals surface area contributed by atoms with E-state index in [1.165, 1.54) is 0 Å². The van der Waals surface area contributed by atoms with Crippen LogP contribution in [0, 0.1) is 0 Å². The van der Waals surface area contributed by atoms with Gasteiger partial charge >= 0.3 is 0 Å². The molecule has 0 radical (unpaired) electrons. The topological polar surface area (TPSA) is 80.0 Å². The Kier molecular flexibility index (Phi) is 3.96. The third-order valence-corrected chi connectivity index (χ3v) is 2.66. The molecule has 2 rings (SSSR count). The number of benzene rings is 1. The minimum absolute atomic E-state index is 0.661. The lowest BCUT2D eigenvalue weighted by Crippen LogP contribution is -2.16. The molecule has 1 heterocycles. The van der Waals surface area contributed by atoms with Crippen molar-refractivity contribution in [3.05, 3.63) is 30.5 Å². The Bertz CT molecular complexity index is 542. The number of pyridine rings is 1. The van der Waals surface area contributed by atoms with E-state index in [1.54, 1.807) is 6.20 Å². The molecule has 5 nitrogen and oxygen atoms in total. The van der Waals surface area contributed by atoms with E-state index in [9.17, 15) is 4.79 Å². The van der Waals surface area contributed by atoms with Crippen molar-refractivity contribution in [1.82, 2.24) is 10.3 Å². The van der Waals surface area contributed by atoms with Gasteiger partial charge in [-0.2, -0.15) is 0 Å². The van der Waals surface area contributed by atoms with E-state index in [2.05, 4.69) is 15.6 Å². The van der Waals surface area contributed by atoms with E-state index >= 15 is 0 Å². The van der Waals surface area contributed by atoms with Crippen molar-refractivity contribution < 1.29 is 4.79 Å². The van der Waals surface area contributed by atoms with Gasteiger partial charge in [-0.1, -0.05) is 0 Å². The summed E-state index contributed by atoms with van der Waals surface area (Å²) in [7, 11) is 0. The van der Waals surface area contributed by atoms with Crippen molar-refractivity contribution in [3.8, 4) is 0 Å². The smallest absolute Gasteiger partial charge is 0.207 e. The van der Waals surface area contributed by atoms with Crippen LogP contribution in [0.15, 0.2) is 30.5 Å². The molecule has 1 amide bonds. The second-order valence-corrected chi connectivity index (χ2v) is 3.99. The van der Waals surface area contributed by atoms with Crippen molar-refractivity contribution in [3.63, 3.8) is 0 Å². The van der Waals surface area contributed by atoms with Crippen LogP contribution in [0.5, 0.6) is 0 Å². The predicted octanol–water partition coefficient (Wildman–Crippen LogP) is 1.36. The molecule has 0 spiro atoms. The van der Waals surface area contributed by atoms with Crippen LogP contribution < -0.4 is 16.4 Å². The number of hydrogen-bond donors (Lipinski definition) is 3. The monoisotopic (exact) mass is 244 g/mol. The number of carbonyl (C=O) groups is 1. The number of nitrogens with zero attached hydrogens (tertiary/aromatic N) is 1. The maximum Gasteiger partial charge on any atom is 0.207 e. The summed E-state index contributed by atoms with van der Waals surface area (Å²) in [5, 5.41) is 8.00. The van der Waals surface area contributed by atoms with Gasteiger partial charge in [-0.25, -0.2) is 4.98 Å². The SMILES string of the molecule is Nc1ccc2c(NCCCNC=O)nccc2c1. The van der Waals surface area contributed by atoms with Gasteiger partial charge in [-0.05, 0) is 36.1 Å². The van der Waals surface area contributed by atoms with Crippen molar-refractivity contribution in [1.29, 1.82) is 0 Å². The van der Waals surface area contributed by atoms with Crippen LogP contribution in [-0.2, 0) is 4.79 Å². The second kappa shape index (κ2) is 5.86. The average molecular weight is 244 g/mol. The van der Waals surface area contributed by atoms with Crippen molar-refractivity contribution in [2.45, 2.75) is 6.42 Å². The lowest BCUT2D eigenvalue weighted by molar-refractivity contribution is -0.109. The Hall–Kier alpha value is -2.30. The molecule has 0 fully saturated rings. The summed E-state index contributed by atoms with van der Waals surface area (Å²) >= 11 is 0. The average Bonchev–Trinajstić information content (AvgIpc) is 2.38. The van der Waals surface area contributed by atoms with E-state index in [0.717, 1.165) is 35.2 Å². The molecule has 0 aliphatic heterocycles. The summed E-state index contributed by atoms with van der Waals surface area (Å²) in [5.41, 5.74) is 6.49. The zero-order valence-corrected chi connectivity index (χ0v) is 10.0. The number of fused-ring (bicyclic) bond motifs is 1. The summed E-state index contributed by atoms with van der Waals surface area (Å²) in [6, 6.07) is 7.69. The Balaban J connectivity index is 2.06. The molecule has 18 heavy (non-hydrogen) atoms. The van der Waals surface area contributed by atoms with E-state index in [0.29, 0.717) is 13.0 Å². The standard InChI is InChI=1S/C13H16N4O/c14-11-2-3-12-10(8-11)4-7-17-13(12)16-6-1-5-15-9-18/h2-4,7-9H,1,5-6,14H2,(H,15,18)(H,16,17). The molecule has 1 aromatic heterocycles. The molecule has 0 saturated heterocycles. The summed E-state index contributed by atoms with van der Waals surface area (Å²) in [6.45, 7) is 1.42. The van der Waals surface area contributed by atoms with Crippen LogP contribution >= 0.6 is 0 Å². The molecule has 0 saturated carbocycles. The van der Waals surface area contributed by atoms with Gasteiger partial charge in [0.2, 0.25) is 6.41 Å². The Morgan fingerprint density at radius 2 is 2.17 bits per heavy atom. The highest BCUT2D eigenvalue weighted by Crippen LogP contribution is 2.22. The quantitative estimate of drug-likeness (QED) is 0.407. The van der Waals surface area contributed by atoms with Crippen LogP contribution in [-0.4, -0.2) is 24.5 Å². The number of carbonyl (C=O) groups excluding carboxylic acids is 1. The molecule has 0 aliphatic carbocycles. The number of nitrogen functional groups attached to an aromatic ring is 1. The number of nitrogens with two attached hydrogens (primary N) is 1. The molecule has 1 aromatic carbocycles. The van der Waals surface area contributed by atoms with Crippen molar-refractivity contribution >= 4 is 28.7 Å². The minimum atomic E-state index is 0.661. The molecule has 2 aromatic rings. The molecular weight excluding hydrogens is 228 g/mol. The van der Waals surface area contributed by atoms with Gasteiger partial charge < -0.3 is 16.4 Å². The number of nitrogens with one attached hydrogen (secondary N) is 2. The molecule has 0 atom stereocenters. The summed E-state index contributed by atoms with van der Waals surface area (Å²) in [6.07, 6.45) is 3.32. The number of anilines is 2. The third-order valence-electron chi connectivity index (χ3n) is 2.66. The van der Waals surface area contributed by atoms with Gasteiger partial charge in [0.1, 0.15) is 5.82 Å². The van der Waals surface area contributed by atoms with E-state index < -0.39 is 0 Å². The highest BCUT2D eigenvalue weighted by molar-refractivity contribution is 5.93. The Morgan fingerprint density at radius 3 is 3.00 bits per heavy atom. The Labute approximate surface area is 105 Å². The molecular formula is C13H16N4O. The summed E-state index contributed by atoms with van der Waals surface area (Å²) in [4.78, 5) is 14.4. The maximum atomic E-state index is 10.1. The van der Waals surface area contributed by atoms with Gasteiger partial charge in [0, 0.05) is 30.4 Å². The third kappa shape index (κ3) is 2.88. The normalized spacial score (nSPS) is 10.2. The zero-order chi connectivity index (χ0) is 12.8. The maximum absolute atomic E-state index is 10.1. The first-order chi connectivity index (χ1) is 8.81. The van der Waals surface area contributed by atoms with Crippen LogP contribution in [0.25, 0.3) is 10.8 Å². The number of aromatic nitrogens is 1. The van der Waals surface area contributed by atoms with Gasteiger partial charge in [-0.15, -0.1) is 0 Å². The summed E-state index contributed by atoms with van der Waals surface area (Å²) < 4.78 is 0. The molecule has 0 bridgehead atoms. The first-order valence-electron chi connectivity index (χ1n) is 5.86. The van der Waals surface area contributed by atoms with Crippen molar-refractivity contribution in [2.75, 3.05) is 24.1 Å². The highest BCUT2D eigenvalue weighted by atomic mass is 16.1. The second-order valence-electron chi connectivity index (χ2n) is 3.99. The van der Waals surface area contributed by atoms with Gasteiger partial charge in [-0.3, -0.25) is 4.79 Å². The van der Waals surface area contributed by atoms with Crippen LogP contribution in [0.4, 0.5) is 11.5 Å². The highest BCUT2D eigenvalue weighted by Gasteiger charge is 2.01. The van der Waals surface area contributed by atoms with E-state index in [4.69, 9.17) is 5.73 Å². The fourth-order valence-electron chi connectivity index (χ4n) is 1.79. The van der Waals surface area contributed by atoms with Gasteiger partial charge in [0.25, 0.3) is 0 Å². The zero-order valence-electron chi connectivity index (χ0n) is 10.0. The number of amides is 1. The van der Waals surface area contributed by atoms with Gasteiger partial charge in [0.05, 0.1) is 0 Å². The fraction of sp³-hybridized carbons (Fsp3) is 0.231. The number of rotatable bonds is 6. The van der Waals surface area contributed by atoms with E-state index in [-0.39, 0.29) is 0 Å². The first kappa shape index (κ1) is 12.2. The molecule has 94 valence electrons. The van der Waals surface area contributed by atoms with Gasteiger partial charge in [0.15, 0.2) is 0 Å². The lowest BCUT2D eigenvalue weighted by atomic mass is 10.1. The van der Waals surface area contributed by atoms with Crippen LogP contribution in [0.1, 0.15) is 6.42 Å². The van der Waals surface area contributed by atoms with Crippen molar-refractivity contribution in [2.24, 2.45) is 0 Å². The Morgan fingerprint density at radius 1 is 1.28 bits per heavy atom. The number of hydrogen-bond acceptors (Lipinski definition) is 4. The molecule has 5 heteroatoms. The fourth-order valence-corrected chi connectivity index (χ4v) is 1.79. The lowest BCUT2D eigenvalue weighted by Gasteiger charge is -2.08. The minimum Gasteiger partial charge on any atom is -0.399 e. The van der Waals surface area contributed by atoms with Crippen LogP contribution in [0.2, 0.25) is 0 Å². The molecule has 4 N–H and O–H groups in total. The molecule has 0 aliphatic rings. The first-order valence-corrected chi connectivity index (χ1v) is 5.86.